The number of para-hydroxylation sites is 1. The van der Waals surface area contributed by atoms with Crippen LogP contribution in [0, 0.1) is 0 Å². The molecule has 4 nitrogen and oxygen atoms in total. The van der Waals surface area contributed by atoms with Gasteiger partial charge in [-0.2, -0.15) is 0 Å². The molecule has 0 fully saturated rings. The Balaban J connectivity index is 1.68. The number of guanidine groups is 1. The molecule has 0 aliphatic heterocycles. The van der Waals surface area contributed by atoms with Crippen LogP contribution in [0.2, 0.25) is 0 Å². The highest BCUT2D eigenvalue weighted by molar-refractivity contribution is 5.80. The summed E-state index contributed by atoms with van der Waals surface area (Å²) >= 11 is 0. The molecule has 0 unspecified atom stereocenters. The summed E-state index contributed by atoms with van der Waals surface area (Å²) in [5.41, 5.74) is 1.30. The standard InChI is InChI=1S/C18H28N4/c1-3-22(17-12-5-4-6-13-17)15-9-14-20-18(19-2)21-16-10-7-8-11-16/h4-8,12-13,16H,3,9-11,14-15H2,1-2H3,(H2,19,20,21). The van der Waals surface area contributed by atoms with E-state index in [1.807, 2.05) is 7.05 Å². The van der Waals surface area contributed by atoms with E-state index in [2.05, 4.69) is 69.9 Å². The predicted octanol–water partition coefficient (Wildman–Crippen LogP) is 2.79. The average molecular weight is 300 g/mol. The van der Waals surface area contributed by atoms with Crippen LogP contribution < -0.4 is 15.5 Å². The average Bonchev–Trinajstić information content (AvgIpc) is 3.07. The topological polar surface area (TPSA) is 39.7 Å². The number of anilines is 1. The minimum Gasteiger partial charge on any atom is -0.372 e. The molecular formula is C18H28N4. The summed E-state index contributed by atoms with van der Waals surface area (Å²) in [5.74, 6) is 0.913. The first-order chi connectivity index (χ1) is 10.8. The molecule has 1 aliphatic carbocycles. The fourth-order valence-corrected chi connectivity index (χ4v) is 2.71. The van der Waals surface area contributed by atoms with Crippen LogP contribution in [0.5, 0.6) is 0 Å². The monoisotopic (exact) mass is 300 g/mol. The quantitative estimate of drug-likeness (QED) is 0.352. The van der Waals surface area contributed by atoms with E-state index in [9.17, 15) is 0 Å². The van der Waals surface area contributed by atoms with Crippen molar-refractivity contribution in [1.82, 2.24) is 10.6 Å². The zero-order chi connectivity index (χ0) is 15.6. The van der Waals surface area contributed by atoms with Crippen LogP contribution in [0.15, 0.2) is 47.5 Å². The molecule has 0 amide bonds. The van der Waals surface area contributed by atoms with Gasteiger partial charge >= 0.3 is 0 Å². The normalized spacial score (nSPS) is 15.1. The lowest BCUT2D eigenvalue weighted by Gasteiger charge is -2.23. The van der Waals surface area contributed by atoms with Crippen molar-refractivity contribution in [2.75, 3.05) is 31.6 Å². The van der Waals surface area contributed by atoms with Gasteiger partial charge in [0.2, 0.25) is 0 Å². The SMILES string of the molecule is CCN(CCCNC(=NC)NC1CC=CC1)c1ccccc1. The summed E-state index contributed by atoms with van der Waals surface area (Å²) < 4.78 is 0. The van der Waals surface area contributed by atoms with Crippen LogP contribution >= 0.6 is 0 Å². The number of rotatable bonds is 7. The molecule has 4 heteroatoms. The molecule has 0 atom stereocenters. The van der Waals surface area contributed by atoms with E-state index < -0.39 is 0 Å². The van der Waals surface area contributed by atoms with Crippen molar-refractivity contribution in [3.63, 3.8) is 0 Å². The van der Waals surface area contributed by atoms with Crippen LogP contribution in [-0.4, -0.2) is 38.7 Å². The molecule has 0 bridgehead atoms. The van der Waals surface area contributed by atoms with Crippen molar-refractivity contribution >= 4 is 11.6 Å². The van der Waals surface area contributed by atoms with Crippen molar-refractivity contribution < 1.29 is 0 Å². The third kappa shape index (κ3) is 5.10. The Labute approximate surface area is 134 Å². The Morgan fingerprint density at radius 3 is 2.59 bits per heavy atom. The van der Waals surface area contributed by atoms with Crippen LogP contribution in [0.25, 0.3) is 0 Å². The number of hydrogen-bond acceptors (Lipinski definition) is 2. The molecule has 22 heavy (non-hydrogen) atoms. The Kier molecular flexibility index (Phi) is 6.81. The van der Waals surface area contributed by atoms with E-state index >= 15 is 0 Å². The molecule has 0 aromatic heterocycles. The number of nitrogens with zero attached hydrogens (tertiary/aromatic N) is 2. The first kappa shape index (κ1) is 16.4. The Morgan fingerprint density at radius 2 is 1.95 bits per heavy atom. The second kappa shape index (κ2) is 9.13. The molecule has 120 valence electrons. The largest absolute Gasteiger partial charge is 0.372 e. The number of aliphatic imine (C=N–C) groups is 1. The van der Waals surface area contributed by atoms with Gasteiger partial charge in [0.25, 0.3) is 0 Å². The second-order valence-corrected chi connectivity index (χ2v) is 5.55. The zero-order valence-corrected chi connectivity index (χ0v) is 13.8. The van der Waals surface area contributed by atoms with E-state index in [-0.39, 0.29) is 0 Å². The van der Waals surface area contributed by atoms with Gasteiger partial charge in [-0.25, -0.2) is 0 Å². The molecule has 1 aliphatic rings. The molecule has 0 saturated heterocycles. The Morgan fingerprint density at radius 1 is 1.23 bits per heavy atom. The Hall–Kier alpha value is -1.97. The Bertz CT molecular complexity index is 473. The van der Waals surface area contributed by atoms with Gasteiger partial charge in [-0.1, -0.05) is 30.4 Å². The maximum atomic E-state index is 4.30. The fraction of sp³-hybridized carbons (Fsp3) is 0.500. The molecule has 1 aromatic carbocycles. The smallest absolute Gasteiger partial charge is 0.191 e. The highest BCUT2D eigenvalue weighted by Gasteiger charge is 2.11. The highest BCUT2D eigenvalue weighted by atomic mass is 15.2. The van der Waals surface area contributed by atoms with Gasteiger partial charge in [0, 0.05) is 38.4 Å². The van der Waals surface area contributed by atoms with Crippen LogP contribution in [-0.2, 0) is 0 Å². The number of hydrogen-bond donors (Lipinski definition) is 2. The zero-order valence-electron chi connectivity index (χ0n) is 13.8. The lowest BCUT2D eigenvalue weighted by molar-refractivity contribution is 0.627. The third-order valence-electron chi connectivity index (χ3n) is 3.97. The van der Waals surface area contributed by atoms with Gasteiger partial charge in [-0.3, -0.25) is 4.99 Å². The van der Waals surface area contributed by atoms with Gasteiger partial charge in [0.15, 0.2) is 5.96 Å². The van der Waals surface area contributed by atoms with Crippen molar-refractivity contribution in [2.45, 2.75) is 32.2 Å². The van der Waals surface area contributed by atoms with Crippen LogP contribution in [0.4, 0.5) is 5.69 Å². The first-order valence-corrected chi connectivity index (χ1v) is 8.25. The summed E-state index contributed by atoms with van der Waals surface area (Å²) in [6, 6.07) is 11.1. The van der Waals surface area contributed by atoms with Gasteiger partial charge < -0.3 is 15.5 Å². The van der Waals surface area contributed by atoms with E-state index in [4.69, 9.17) is 0 Å². The lowest BCUT2D eigenvalue weighted by Crippen LogP contribution is -2.43. The maximum Gasteiger partial charge on any atom is 0.191 e. The predicted molar refractivity (Wildman–Crippen MR) is 95.6 cm³/mol. The lowest BCUT2D eigenvalue weighted by atomic mass is 10.2. The third-order valence-corrected chi connectivity index (χ3v) is 3.97. The van der Waals surface area contributed by atoms with E-state index in [0.29, 0.717) is 6.04 Å². The minimum atomic E-state index is 0.502. The van der Waals surface area contributed by atoms with Gasteiger partial charge in [0.05, 0.1) is 0 Å². The van der Waals surface area contributed by atoms with Gasteiger partial charge in [-0.05, 0) is 38.3 Å². The van der Waals surface area contributed by atoms with Crippen molar-refractivity contribution in [3.05, 3.63) is 42.5 Å². The molecular weight excluding hydrogens is 272 g/mol. The summed E-state index contributed by atoms with van der Waals surface area (Å²) in [7, 11) is 1.83. The van der Waals surface area contributed by atoms with Crippen molar-refractivity contribution in [2.24, 2.45) is 4.99 Å². The molecule has 0 saturated carbocycles. The summed E-state index contributed by atoms with van der Waals surface area (Å²) in [6.07, 6.45) is 7.73. The molecule has 0 spiro atoms. The maximum absolute atomic E-state index is 4.30. The second-order valence-electron chi connectivity index (χ2n) is 5.55. The highest BCUT2D eigenvalue weighted by Crippen LogP contribution is 2.12. The molecule has 0 radical (unpaired) electrons. The van der Waals surface area contributed by atoms with E-state index in [0.717, 1.165) is 44.9 Å². The fourth-order valence-electron chi connectivity index (χ4n) is 2.71. The van der Waals surface area contributed by atoms with Gasteiger partial charge in [0.1, 0.15) is 0 Å². The van der Waals surface area contributed by atoms with E-state index in [1.54, 1.807) is 0 Å². The summed E-state index contributed by atoms with van der Waals surface area (Å²) in [4.78, 5) is 6.70. The molecule has 1 aromatic rings. The number of nitrogens with one attached hydrogen (secondary N) is 2. The molecule has 2 rings (SSSR count). The molecule has 0 heterocycles. The van der Waals surface area contributed by atoms with Crippen molar-refractivity contribution in [3.8, 4) is 0 Å². The van der Waals surface area contributed by atoms with E-state index in [1.165, 1.54) is 5.69 Å². The minimum absolute atomic E-state index is 0.502. The molecule has 2 N–H and O–H groups in total. The van der Waals surface area contributed by atoms with Gasteiger partial charge in [-0.15, -0.1) is 0 Å². The summed E-state index contributed by atoms with van der Waals surface area (Å²) in [5, 5.41) is 6.87. The van der Waals surface area contributed by atoms with Crippen LogP contribution in [0.3, 0.4) is 0 Å². The van der Waals surface area contributed by atoms with Crippen molar-refractivity contribution in [1.29, 1.82) is 0 Å². The van der Waals surface area contributed by atoms with Crippen LogP contribution in [0.1, 0.15) is 26.2 Å². The first-order valence-electron chi connectivity index (χ1n) is 8.25. The summed E-state index contributed by atoms with van der Waals surface area (Å²) in [6.45, 7) is 5.22. The number of benzene rings is 1.